The molecule has 0 aliphatic heterocycles. The molecule has 3 atom stereocenters. The lowest BCUT2D eigenvalue weighted by Crippen LogP contribution is -2.29. The van der Waals surface area contributed by atoms with E-state index in [4.69, 9.17) is 4.98 Å². The minimum Gasteiger partial charge on any atom is -0.392 e. The number of aromatic nitrogens is 1. The van der Waals surface area contributed by atoms with Crippen molar-refractivity contribution in [2.24, 2.45) is 17.8 Å². The van der Waals surface area contributed by atoms with E-state index in [-0.39, 0.29) is 6.61 Å². The van der Waals surface area contributed by atoms with Crippen LogP contribution in [-0.4, -0.2) is 23.7 Å². The summed E-state index contributed by atoms with van der Waals surface area (Å²) in [6.45, 7) is 3.33. The molecule has 0 spiro atoms. The third-order valence-electron chi connectivity index (χ3n) is 5.25. The Morgan fingerprint density at radius 2 is 2.15 bits per heavy atom. The third-order valence-corrected chi connectivity index (χ3v) is 5.25. The summed E-state index contributed by atoms with van der Waals surface area (Å²) in [6, 6.07) is 4.04. The van der Waals surface area contributed by atoms with Gasteiger partial charge >= 0.3 is 0 Å². The number of rotatable bonds is 5. The standard InChI is InChI=1S/C17H26N2O/c1-3-16-8-13(11-20)9-17(18-16)19(2)10-15-7-12-4-5-14(15)6-12/h8-9,12,14-15,20H,3-7,10-11H2,1-2H3. The maximum atomic E-state index is 9.39. The van der Waals surface area contributed by atoms with E-state index >= 15 is 0 Å². The highest BCUT2D eigenvalue weighted by Gasteiger charge is 2.39. The lowest BCUT2D eigenvalue weighted by atomic mass is 9.88. The number of hydrogen-bond acceptors (Lipinski definition) is 3. The van der Waals surface area contributed by atoms with Crippen LogP contribution in [0.5, 0.6) is 0 Å². The average molecular weight is 274 g/mol. The minimum absolute atomic E-state index is 0.102. The highest BCUT2D eigenvalue weighted by atomic mass is 16.3. The van der Waals surface area contributed by atoms with Gasteiger partial charge in [0.05, 0.1) is 6.61 Å². The molecule has 0 aromatic carbocycles. The molecular formula is C17H26N2O. The van der Waals surface area contributed by atoms with Crippen LogP contribution in [0.4, 0.5) is 5.82 Å². The van der Waals surface area contributed by atoms with Gasteiger partial charge in [-0.05, 0) is 61.1 Å². The number of hydrogen-bond donors (Lipinski definition) is 1. The van der Waals surface area contributed by atoms with E-state index in [1.165, 1.54) is 25.7 Å². The summed E-state index contributed by atoms with van der Waals surface area (Å²) in [5, 5.41) is 9.39. The second-order valence-electron chi connectivity index (χ2n) is 6.65. The first-order valence-corrected chi connectivity index (χ1v) is 8.01. The number of aliphatic hydroxyl groups excluding tert-OH is 1. The molecular weight excluding hydrogens is 248 g/mol. The van der Waals surface area contributed by atoms with Gasteiger partial charge in [0.2, 0.25) is 0 Å². The summed E-state index contributed by atoms with van der Waals surface area (Å²) in [7, 11) is 2.15. The van der Waals surface area contributed by atoms with Crippen LogP contribution < -0.4 is 4.90 Å². The topological polar surface area (TPSA) is 36.4 Å². The molecule has 3 nitrogen and oxygen atoms in total. The molecule has 1 heterocycles. The molecule has 0 amide bonds. The van der Waals surface area contributed by atoms with Gasteiger partial charge in [-0.2, -0.15) is 0 Å². The van der Waals surface area contributed by atoms with E-state index in [0.717, 1.165) is 47.8 Å². The zero-order valence-corrected chi connectivity index (χ0v) is 12.7. The third kappa shape index (κ3) is 2.69. The Balaban J connectivity index is 1.71. The molecule has 3 rings (SSSR count). The molecule has 2 bridgehead atoms. The van der Waals surface area contributed by atoms with Crippen molar-refractivity contribution in [3.8, 4) is 0 Å². The van der Waals surface area contributed by atoms with Crippen LogP contribution in [0.25, 0.3) is 0 Å². The van der Waals surface area contributed by atoms with Gasteiger partial charge in [-0.3, -0.25) is 0 Å². The van der Waals surface area contributed by atoms with Crippen molar-refractivity contribution in [3.05, 3.63) is 23.4 Å². The molecule has 1 N–H and O–H groups in total. The molecule has 110 valence electrons. The van der Waals surface area contributed by atoms with Crippen LogP contribution in [-0.2, 0) is 13.0 Å². The summed E-state index contributed by atoms with van der Waals surface area (Å²) in [6.07, 6.45) is 6.69. The van der Waals surface area contributed by atoms with Crippen LogP contribution in [0.1, 0.15) is 43.9 Å². The lowest BCUT2D eigenvalue weighted by molar-refractivity contribution is 0.281. The van der Waals surface area contributed by atoms with Gasteiger partial charge in [0, 0.05) is 19.3 Å². The molecule has 1 aromatic rings. The fraction of sp³-hybridized carbons (Fsp3) is 0.706. The summed E-state index contributed by atoms with van der Waals surface area (Å²) in [5.74, 6) is 3.83. The van der Waals surface area contributed by atoms with Gasteiger partial charge in [0.25, 0.3) is 0 Å². The van der Waals surface area contributed by atoms with E-state index in [1.54, 1.807) is 0 Å². The second-order valence-corrected chi connectivity index (χ2v) is 6.65. The Morgan fingerprint density at radius 1 is 1.30 bits per heavy atom. The molecule has 20 heavy (non-hydrogen) atoms. The minimum atomic E-state index is 0.102. The SMILES string of the molecule is CCc1cc(CO)cc(N(C)CC2CC3CCC2C3)n1. The number of aryl methyl sites for hydroxylation is 1. The zero-order chi connectivity index (χ0) is 14.1. The summed E-state index contributed by atoms with van der Waals surface area (Å²) in [4.78, 5) is 7.01. The van der Waals surface area contributed by atoms with Crippen LogP contribution in [0.3, 0.4) is 0 Å². The zero-order valence-electron chi connectivity index (χ0n) is 12.7. The van der Waals surface area contributed by atoms with E-state index in [2.05, 4.69) is 18.9 Å². The molecule has 1 aromatic heterocycles. The molecule has 0 saturated heterocycles. The molecule has 2 aliphatic rings. The predicted octanol–water partition coefficient (Wildman–Crippen LogP) is 3.01. The molecule has 2 fully saturated rings. The fourth-order valence-electron chi connectivity index (χ4n) is 4.15. The van der Waals surface area contributed by atoms with Gasteiger partial charge in [0.15, 0.2) is 0 Å². The summed E-state index contributed by atoms with van der Waals surface area (Å²) in [5.41, 5.74) is 2.05. The summed E-state index contributed by atoms with van der Waals surface area (Å²) < 4.78 is 0. The Hall–Kier alpha value is -1.09. The number of nitrogens with zero attached hydrogens (tertiary/aromatic N) is 2. The molecule has 2 aliphatic carbocycles. The van der Waals surface area contributed by atoms with Crippen molar-refractivity contribution >= 4 is 5.82 Å². The number of fused-ring (bicyclic) bond motifs is 2. The number of aliphatic hydroxyl groups is 1. The largest absolute Gasteiger partial charge is 0.392 e. The maximum absolute atomic E-state index is 9.39. The van der Waals surface area contributed by atoms with Crippen LogP contribution in [0, 0.1) is 17.8 Å². The first-order chi connectivity index (χ1) is 9.69. The van der Waals surface area contributed by atoms with Crippen LogP contribution >= 0.6 is 0 Å². The van der Waals surface area contributed by atoms with E-state index in [1.807, 2.05) is 12.1 Å². The van der Waals surface area contributed by atoms with Gasteiger partial charge in [-0.25, -0.2) is 4.98 Å². The predicted molar refractivity (Wildman–Crippen MR) is 81.7 cm³/mol. The Morgan fingerprint density at radius 3 is 2.75 bits per heavy atom. The molecule has 0 radical (unpaired) electrons. The van der Waals surface area contributed by atoms with Crippen molar-refractivity contribution < 1.29 is 5.11 Å². The maximum Gasteiger partial charge on any atom is 0.128 e. The van der Waals surface area contributed by atoms with E-state index in [9.17, 15) is 5.11 Å². The quantitative estimate of drug-likeness (QED) is 0.896. The van der Waals surface area contributed by atoms with E-state index < -0.39 is 0 Å². The van der Waals surface area contributed by atoms with Gasteiger partial charge in [0.1, 0.15) is 5.82 Å². The number of pyridine rings is 1. The van der Waals surface area contributed by atoms with Gasteiger partial charge < -0.3 is 10.0 Å². The van der Waals surface area contributed by atoms with Crippen LogP contribution in [0.15, 0.2) is 12.1 Å². The highest BCUT2D eigenvalue weighted by Crippen LogP contribution is 2.48. The van der Waals surface area contributed by atoms with Gasteiger partial charge in [-0.1, -0.05) is 13.3 Å². The van der Waals surface area contributed by atoms with Crippen molar-refractivity contribution in [3.63, 3.8) is 0 Å². The molecule has 2 saturated carbocycles. The first-order valence-electron chi connectivity index (χ1n) is 8.01. The Bertz CT molecular complexity index is 452. The van der Waals surface area contributed by atoms with Crippen molar-refractivity contribution in [2.75, 3.05) is 18.5 Å². The number of anilines is 1. The fourth-order valence-corrected chi connectivity index (χ4v) is 4.15. The Kier molecular flexibility index (Phi) is 3.97. The summed E-state index contributed by atoms with van der Waals surface area (Å²) >= 11 is 0. The van der Waals surface area contributed by atoms with Crippen LogP contribution in [0.2, 0.25) is 0 Å². The second kappa shape index (κ2) is 5.72. The highest BCUT2D eigenvalue weighted by molar-refractivity contribution is 5.42. The average Bonchev–Trinajstić information content (AvgIpc) is 3.09. The molecule has 3 unspecified atom stereocenters. The lowest BCUT2D eigenvalue weighted by Gasteiger charge is -2.28. The smallest absolute Gasteiger partial charge is 0.128 e. The normalized spacial score (nSPS) is 28.1. The van der Waals surface area contributed by atoms with E-state index in [0.29, 0.717) is 0 Å². The van der Waals surface area contributed by atoms with Crippen molar-refractivity contribution in [2.45, 2.75) is 45.6 Å². The Labute approximate surface area is 122 Å². The van der Waals surface area contributed by atoms with Gasteiger partial charge in [-0.15, -0.1) is 0 Å². The monoisotopic (exact) mass is 274 g/mol. The first kappa shape index (κ1) is 13.9. The van der Waals surface area contributed by atoms with Crippen molar-refractivity contribution in [1.82, 2.24) is 4.98 Å². The van der Waals surface area contributed by atoms with Crippen molar-refractivity contribution in [1.29, 1.82) is 0 Å². The molecule has 3 heteroatoms.